The molecule has 0 aliphatic heterocycles. The first kappa shape index (κ1) is 20.5. The number of carbonyl (C=O) groups is 1. The van der Waals surface area contributed by atoms with Crippen molar-refractivity contribution in [1.82, 2.24) is 20.3 Å². The van der Waals surface area contributed by atoms with Gasteiger partial charge in [0.1, 0.15) is 4.83 Å². The maximum absolute atomic E-state index is 12.6. The van der Waals surface area contributed by atoms with Crippen LogP contribution in [0.2, 0.25) is 0 Å². The maximum atomic E-state index is 12.6. The molecule has 0 aliphatic rings. The number of hydrogen-bond acceptors (Lipinski definition) is 6. The Hall–Kier alpha value is -2.19. The van der Waals surface area contributed by atoms with Crippen molar-refractivity contribution >= 4 is 39.2 Å². The summed E-state index contributed by atoms with van der Waals surface area (Å²) in [4.78, 5) is 38.2. The van der Waals surface area contributed by atoms with E-state index < -0.39 is 0 Å². The van der Waals surface area contributed by atoms with Crippen molar-refractivity contribution in [2.45, 2.75) is 45.3 Å². The lowest BCUT2D eigenvalue weighted by Gasteiger charge is -2.08. The average molecular weight is 417 g/mol. The fourth-order valence-corrected chi connectivity index (χ4v) is 4.64. The first-order valence-corrected chi connectivity index (χ1v) is 11.1. The molecule has 0 aromatic carbocycles. The zero-order valence-electron chi connectivity index (χ0n) is 16.2. The summed E-state index contributed by atoms with van der Waals surface area (Å²) < 4.78 is 0. The van der Waals surface area contributed by atoms with E-state index in [4.69, 9.17) is 0 Å². The number of hydrogen-bond donors (Lipinski definition) is 2. The van der Waals surface area contributed by atoms with Gasteiger partial charge in [-0.15, -0.1) is 11.3 Å². The molecule has 3 aromatic rings. The maximum Gasteiger partial charge on any atom is 0.260 e. The minimum atomic E-state index is -0.127. The van der Waals surface area contributed by atoms with E-state index in [1.165, 1.54) is 11.8 Å². The molecule has 148 valence electrons. The number of aryl methyl sites for hydroxylation is 1. The first-order chi connectivity index (χ1) is 13.5. The van der Waals surface area contributed by atoms with E-state index in [1.807, 2.05) is 25.1 Å². The highest BCUT2D eigenvalue weighted by molar-refractivity contribution is 7.99. The van der Waals surface area contributed by atoms with Crippen LogP contribution in [0.25, 0.3) is 10.2 Å². The van der Waals surface area contributed by atoms with Gasteiger partial charge in [-0.05, 0) is 37.0 Å². The van der Waals surface area contributed by atoms with Gasteiger partial charge in [0.25, 0.3) is 5.56 Å². The van der Waals surface area contributed by atoms with Gasteiger partial charge in [-0.1, -0.05) is 38.1 Å². The van der Waals surface area contributed by atoms with Crippen LogP contribution in [0.5, 0.6) is 0 Å². The normalized spacial score (nSPS) is 12.2. The molecule has 0 radical (unpaired) electrons. The molecule has 0 spiro atoms. The number of pyridine rings is 1. The molecular weight excluding hydrogens is 392 g/mol. The molecule has 3 aromatic heterocycles. The number of carbonyl (C=O) groups excluding carboxylic acids is 1. The van der Waals surface area contributed by atoms with Crippen LogP contribution in [-0.2, 0) is 17.8 Å². The van der Waals surface area contributed by atoms with Crippen LogP contribution in [0, 0.1) is 12.8 Å². The summed E-state index contributed by atoms with van der Waals surface area (Å²) in [5, 5.41) is 4.00. The van der Waals surface area contributed by atoms with Crippen LogP contribution < -0.4 is 10.9 Å². The molecule has 0 aliphatic carbocycles. The van der Waals surface area contributed by atoms with Crippen molar-refractivity contribution in [3.63, 3.8) is 0 Å². The number of aromatic amines is 1. The van der Waals surface area contributed by atoms with Gasteiger partial charge in [0, 0.05) is 11.1 Å². The summed E-state index contributed by atoms with van der Waals surface area (Å²) in [5.41, 5.74) is 1.79. The summed E-state index contributed by atoms with van der Waals surface area (Å²) in [6.07, 6.45) is 3.65. The predicted molar refractivity (Wildman–Crippen MR) is 115 cm³/mol. The monoisotopic (exact) mass is 416 g/mol. The first-order valence-electron chi connectivity index (χ1n) is 9.29. The fourth-order valence-electron chi connectivity index (χ4n) is 2.84. The topological polar surface area (TPSA) is 87.7 Å². The molecular formula is C20H24N4O2S2. The van der Waals surface area contributed by atoms with Gasteiger partial charge in [0.05, 0.1) is 23.4 Å². The highest BCUT2D eigenvalue weighted by atomic mass is 32.2. The summed E-state index contributed by atoms with van der Waals surface area (Å²) in [7, 11) is 0. The minimum absolute atomic E-state index is 0.121. The van der Waals surface area contributed by atoms with Gasteiger partial charge >= 0.3 is 0 Å². The lowest BCUT2D eigenvalue weighted by Crippen LogP contribution is -2.25. The third-order valence-corrected chi connectivity index (χ3v) is 6.54. The Morgan fingerprint density at radius 1 is 1.39 bits per heavy atom. The van der Waals surface area contributed by atoms with Gasteiger partial charge in [-0.25, -0.2) is 4.98 Å². The number of H-pyrrole nitrogens is 1. The van der Waals surface area contributed by atoms with Crippen LogP contribution in [0.4, 0.5) is 0 Å². The number of rotatable bonds is 8. The summed E-state index contributed by atoms with van der Waals surface area (Å²) in [6.45, 7) is 6.77. The molecule has 1 amide bonds. The van der Waals surface area contributed by atoms with Crippen molar-refractivity contribution in [1.29, 1.82) is 0 Å². The minimum Gasteiger partial charge on any atom is -0.350 e. The van der Waals surface area contributed by atoms with Gasteiger partial charge < -0.3 is 10.3 Å². The standard InChI is InChI=1S/C20H24N4O2S2/c1-4-12(2)9-15-13(3)28-19-17(15)18(26)23-20(24-19)27-11-16(25)22-10-14-7-5-6-8-21-14/h5-8,12H,4,9-11H2,1-3H3,(H,22,25)(H,23,24,26). The molecule has 0 saturated heterocycles. The summed E-state index contributed by atoms with van der Waals surface area (Å²) in [5.74, 6) is 0.580. The molecule has 1 atom stereocenters. The Labute approximate surface area is 172 Å². The van der Waals surface area contributed by atoms with Crippen LogP contribution in [0.15, 0.2) is 34.3 Å². The third kappa shape index (κ3) is 4.99. The van der Waals surface area contributed by atoms with Gasteiger partial charge in [-0.3, -0.25) is 14.6 Å². The lowest BCUT2D eigenvalue weighted by molar-refractivity contribution is -0.118. The van der Waals surface area contributed by atoms with E-state index in [2.05, 4.69) is 34.1 Å². The molecule has 0 bridgehead atoms. The molecule has 6 nitrogen and oxygen atoms in total. The third-order valence-electron chi connectivity index (χ3n) is 4.62. The molecule has 2 N–H and O–H groups in total. The Kier molecular flexibility index (Phi) is 6.85. The van der Waals surface area contributed by atoms with Crippen molar-refractivity contribution in [2.75, 3.05) is 5.75 Å². The van der Waals surface area contributed by atoms with E-state index in [9.17, 15) is 9.59 Å². The predicted octanol–water partition coefficient (Wildman–Crippen LogP) is 3.69. The number of nitrogens with zero attached hydrogens (tertiary/aromatic N) is 2. The highest BCUT2D eigenvalue weighted by Gasteiger charge is 2.17. The molecule has 28 heavy (non-hydrogen) atoms. The second-order valence-corrected chi connectivity index (χ2v) is 8.96. The second-order valence-electron chi connectivity index (χ2n) is 6.79. The van der Waals surface area contributed by atoms with Crippen LogP contribution in [-0.4, -0.2) is 26.6 Å². The molecule has 3 heterocycles. The zero-order valence-corrected chi connectivity index (χ0v) is 17.9. The lowest BCUT2D eigenvalue weighted by atomic mass is 9.98. The van der Waals surface area contributed by atoms with Crippen LogP contribution in [0.3, 0.4) is 0 Å². The van der Waals surface area contributed by atoms with Gasteiger partial charge in [0.15, 0.2) is 5.16 Å². The van der Waals surface area contributed by atoms with E-state index in [-0.39, 0.29) is 17.2 Å². The van der Waals surface area contributed by atoms with Crippen LogP contribution in [0.1, 0.15) is 36.4 Å². The van der Waals surface area contributed by atoms with Gasteiger partial charge in [-0.2, -0.15) is 0 Å². The molecule has 1 unspecified atom stereocenters. The number of fused-ring (bicyclic) bond motifs is 1. The number of thiophene rings is 1. The summed E-state index contributed by atoms with van der Waals surface area (Å²) in [6, 6.07) is 5.57. The smallest absolute Gasteiger partial charge is 0.260 e. The van der Waals surface area contributed by atoms with Gasteiger partial charge in [0.2, 0.25) is 5.91 Å². The van der Waals surface area contributed by atoms with E-state index in [1.54, 1.807) is 17.5 Å². The highest BCUT2D eigenvalue weighted by Crippen LogP contribution is 2.30. The average Bonchev–Trinajstić information content (AvgIpc) is 3.01. The quantitative estimate of drug-likeness (QED) is 0.432. The Morgan fingerprint density at radius 2 is 2.21 bits per heavy atom. The largest absolute Gasteiger partial charge is 0.350 e. The Morgan fingerprint density at radius 3 is 2.93 bits per heavy atom. The Bertz CT molecular complexity index is 1010. The fraction of sp³-hybridized carbons (Fsp3) is 0.400. The summed E-state index contributed by atoms with van der Waals surface area (Å²) >= 11 is 2.78. The van der Waals surface area contributed by atoms with E-state index in [0.717, 1.165) is 33.8 Å². The molecule has 0 fully saturated rings. The van der Waals surface area contributed by atoms with Crippen molar-refractivity contribution < 1.29 is 4.79 Å². The van der Waals surface area contributed by atoms with Crippen LogP contribution >= 0.6 is 23.1 Å². The second kappa shape index (κ2) is 9.34. The SMILES string of the molecule is CCC(C)Cc1c(C)sc2nc(SCC(=O)NCc3ccccn3)[nH]c(=O)c12. The number of thioether (sulfide) groups is 1. The van der Waals surface area contributed by atoms with Crippen molar-refractivity contribution in [3.8, 4) is 0 Å². The van der Waals surface area contributed by atoms with Crippen molar-refractivity contribution in [3.05, 3.63) is 50.9 Å². The molecule has 3 rings (SSSR count). The van der Waals surface area contributed by atoms with E-state index in [0.29, 0.717) is 23.0 Å². The van der Waals surface area contributed by atoms with Crippen molar-refractivity contribution in [2.24, 2.45) is 5.92 Å². The Balaban J connectivity index is 1.67. The molecule has 8 heteroatoms. The zero-order chi connectivity index (χ0) is 20.1. The number of amides is 1. The number of nitrogens with one attached hydrogen (secondary N) is 2. The number of aromatic nitrogens is 3. The molecule has 0 saturated carbocycles. The van der Waals surface area contributed by atoms with E-state index >= 15 is 0 Å².